The van der Waals surface area contributed by atoms with Crippen molar-refractivity contribution in [2.45, 2.75) is 6.18 Å². The van der Waals surface area contributed by atoms with Gasteiger partial charge in [-0.3, -0.25) is 4.79 Å². The number of fused-ring (bicyclic) bond motifs is 1. The normalized spacial score (nSPS) is 11.2. The standard InChI is InChI=1S/C14H9F3N2O.C10H9N/c15-14(16,17)13(20)10-6-8-12(9-7-10)19-18-11-4-2-1-3-5-11;11-10-7-3-5-8-4-1-2-6-9(8)10/h1-9H;1-7H,11H2. The van der Waals surface area contributed by atoms with Crippen LogP contribution in [0.15, 0.2) is 107 Å². The molecular formula is C24H18F3N3O. The second kappa shape index (κ2) is 9.67. The number of nitrogens with two attached hydrogens (primary N) is 1. The van der Waals surface area contributed by atoms with Gasteiger partial charge in [-0.1, -0.05) is 54.6 Å². The Balaban J connectivity index is 0.000000207. The Morgan fingerprint density at radius 3 is 1.84 bits per heavy atom. The molecule has 4 aromatic rings. The van der Waals surface area contributed by atoms with E-state index in [2.05, 4.69) is 22.4 Å². The van der Waals surface area contributed by atoms with E-state index in [9.17, 15) is 18.0 Å². The molecule has 4 nitrogen and oxygen atoms in total. The van der Waals surface area contributed by atoms with E-state index in [4.69, 9.17) is 5.73 Å². The van der Waals surface area contributed by atoms with Crippen LogP contribution < -0.4 is 5.73 Å². The van der Waals surface area contributed by atoms with Gasteiger partial charge in [0.05, 0.1) is 11.4 Å². The minimum atomic E-state index is -4.87. The number of carbonyl (C=O) groups is 1. The van der Waals surface area contributed by atoms with Gasteiger partial charge in [0.2, 0.25) is 0 Å². The van der Waals surface area contributed by atoms with E-state index in [1.807, 2.05) is 36.4 Å². The van der Waals surface area contributed by atoms with Crippen molar-refractivity contribution in [3.63, 3.8) is 0 Å². The molecule has 4 aromatic carbocycles. The molecule has 0 radical (unpaired) electrons. The average molecular weight is 421 g/mol. The number of hydrogen-bond acceptors (Lipinski definition) is 4. The SMILES string of the molecule is Nc1cccc2ccccc12.O=C(c1ccc(N=Nc2ccccc2)cc1)C(F)(F)F. The van der Waals surface area contributed by atoms with Crippen molar-refractivity contribution in [1.29, 1.82) is 0 Å². The number of rotatable bonds is 3. The minimum Gasteiger partial charge on any atom is -0.398 e. The highest BCUT2D eigenvalue weighted by atomic mass is 19.4. The molecular weight excluding hydrogens is 403 g/mol. The predicted octanol–water partition coefficient (Wildman–Crippen LogP) is 7.27. The molecule has 0 aliphatic heterocycles. The van der Waals surface area contributed by atoms with E-state index in [1.54, 1.807) is 24.3 Å². The summed E-state index contributed by atoms with van der Waals surface area (Å²) in [6.07, 6.45) is -4.87. The molecule has 0 aliphatic rings. The number of hydrogen-bond donors (Lipinski definition) is 1. The fraction of sp³-hybridized carbons (Fsp3) is 0.0417. The lowest BCUT2D eigenvalue weighted by molar-refractivity contribution is -0.0885. The third-order valence-corrected chi connectivity index (χ3v) is 4.25. The second-order valence-electron chi connectivity index (χ2n) is 6.48. The Labute approximate surface area is 176 Å². The van der Waals surface area contributed by atoms with Crippen LogP contribution in [-0.4, -0.2) is 12.0 Å². The third-order valence-electron chi connectivity index (χ3n) is 4.25. The fourth-order valence-electron chi connectivity index (χ4n) is 2.70. The number of azo groups is 1. The number of nitrogens with zero attached hydrogens (tertiary/aromatic N) is 2. The van der Waals surface area contributed by atoms with E-state index >= 15 is 0 Å². The average Bonchev–Trinajstić information content (AvgIpc) is 2.78. The maximum Gasteiger partial charge on any atom is 0.454 e. The number of alkyl halides is 3. The maximum absolute atomic E-state index is 12.2. The first-order valence-electron chi connectivity index (χ1n) is 9.26. The molecule has 0 bridgehead atoms. The predicted molar refractivity (Wildman–Crippen MR) is 116 cm³/mol. The summed E-state index contributed by atoms with van der Waals surface area (Å²) < 4.78 is 36.6. The highest BCUT2D eigenvalue weighted by Gasteiger charge is 2.39. The van der Waals surface area contributed by atoms with Crippen LogP contribution in [0.2, 0.25) is 0 Å². The van der Waals surface area contributed by atoms with Gasteiger partial charge in [0.25, 0.3) is 5.78 Å². The van der Waals surface area contributed by atoms with Crippen LogP contribution in [-0.2, 0) is 0 Å². The smallest absolute Gasteiger partial charge is 0.398 e. The molecule has 0 fully saturated rings. The summed E-state index contributed by atoms with van der Waals surface area (Å²) in [5, 5.41) is 10.1. The Bertz CT molecular complexity index is 1180. The Kier molecular flexibility index (Phi) is 6.77. The number of halogens is 3. The van der Waals surface area contributed by atoms with Crippen LogP contribution in [0.1, 0.15) is 10.4 Å². The Hall–Kier alpha value is -4.00. The van der Waals surface area contributed by atoms with E-state index in [-0.39, 0.29) is 0 Å². The van der Waals surface area contributed by atoms with Gasteiger partial charge in [0.1, 0.15) is 0 Å². The molecule has 0 spiro atoms. The molecule has 0 atom stereocenters. The Morgan fingerprint density at radius 1 is 0.677 bits per heavy atom. The van der Waals surface area contributed by atoms with Crippen LogP contribution >= 0.6 is 0 Å². The zero-order chi connectivity index (χ0) is 22.3. The number of anilines is 1. The first-order chi connectivity index (χ1) is 14.8. The van der Waals surface area contributed by atoms with Crippen molar-refractivity contribution in [2.24, 2.45) is 10.2 Å². The van der Waals surface area contributed by atoms with Crippen LogP contribution in [0.5, 0.6) is 0 Å². The van der Waals surface area contributed by atoms with Gasteiger partial charge in [-0.15, -0.1) is 0 Å². The van der Waals surface area contributed by atoms with E-state index in [0.717, 1.165) is 23.2 Å². The molecule has 2 N–H and O–H groups in total. The molecule has 31 heavy (non-hydrogen) atoms. The first-order valence-corrected chi connectivity index (χ1v) is 9.26. The van der Waals surface area contributed by atoms with Gasteiger partial charge in [-0.05, 0) is 47.9 Å². The summed E-state index contributed by atoms with van der Waals surface area (Å²) >= 11 is 0. The zero-order valence-electron chi connectivity index (χ0n) is 16.3. The van der Waals surface area contributed by atoms with E-state index < -0.39 is 17.5 Å². The first kappa shape index (κ1) is 21.7. The lowest BCUT2D eigenvalue weighted by Gasteiger charge is -2.04. The molecule has 4 rings (SSSR count). The van der Waals surface area contributed by atoms with Crippen molar-refractivity contribution >= 4 is 33.6 Å². The second-order valence-corrected chi connectivity index (χ2v) is 6.48. The fourth-order valence-corrected chi connectivity index (χ4v) is 2.70. The van der Waals surface area contributed by atoms with Crippen molar-refractivity contribution in [3.8, 4) is 0 Å². The van der Waals surface area contributed by atoms with Crippen LogP contribution in [0.4, 0.5) is 30.2 Å². The summed E-state index contributed by atoms with van der Waals surface area (Å²) in [6.45, 7) is 0. The van der Waals surface area contributed by atoms with Crippen LogP contribution in [0, 0.1) is 0 Å². The maximum atomic E-state index is 12.2. The summed E-state index contributed by atoms with van der Waals surface area (Å²) in [5.74, 6) is -1.87. The molecule has 0 saturated carbocycles. The summed E-state index contributed by atoms with van der Waals surface area (Å²) in [7, 11) is 0. The molecule has 0 aromatic heterocycles. The van der Waals surface area contributed by atoms with Gasteiger partial charge in [-0.2, -0.15) is 23.4 Å². The van der Waals surface area contributed by atoms with Gasteiger partial charge < -0.3 is 5.73 Å². The molecule has 156 valence electrons. The van der Waals surface area contributed by atoms with Crippen LogP contribution in [0.3, 0.4) is 0 Å². The van der Waals surface area contributed by atoms with E-state index in [0.29, 0.717) is 11.4 Å². The number of carbonyl (C=O) groups excluding carboxylic acids is 1. The zero-order valence-corrected chi connectivity index (χ0v) is 16.3. The number of Topliss-reactive ketones (excluding diaryl/α,β-unsaturated/α-hetero) is 1. The van der Waals surface area contributed by atoms with Gasteiger partial charge in [0, 0.05) is 16.6 Å². The highest BCUT2D eigenvalue weighted by molar-refractivity contribution is 6.00. The topological polar surface area (TPSA) is 67.8 Å². The van der Waals surface area contributed by atoms with Gasteiger partial charge >= 0.3 is 6.18 Å². The summed E-state index contributed by atoms with van der Waals surface area (Å²) in [4.78, 5) is 11.0. The van der Waals surface area contributed by atoms with Crippen LogP contribution in [0.25, 0.3) is 10.8 Å². The quantitative estimate of drug-likeness (QED) is 0.215. The van der Waals surface area contributed by atoms with E-state index in [1.165, 1.54) is 17.5 Å². The number of benzene rings is 4. The van der Waals surface area contributed by atoms with Crippen molar-refractivity contribution in [2.75, 3.05) is 5.73 Å². The highest BCUT2D eigenvalue weighted by Crippen LogP contribution is 2.24. The largest absolute Gasteiger partial charge is 0.454 e. The third kappa shape index (κ3) is 5.99. The Morgan fingerprint density at radius 2 is 1.23 bits per heavy atom. The molecule has 0 aliphatic carbocycles. The number of ketones is 1. The lowest BCUT2D eigenvalue weighted by Crippen LogP contribution is -2.22. The molecule has 0 unspecified atom stereocenters. The van der Waals surface area contributed by atoms with Crippen molar-refractivity contribution in [1.82, 2.24) is 0 Å². The molecule has 0 amide bonds. The van der Waals surface area contributed by atoms with Crippen molar-refractivity contribution < 1.29 is 18.0 Å². The number of nitrogen functional groups attached to an aromatic ring is 1. The van der Waals surface area contributed by atoms with Gasteiger partial charge in [0.15, 0.2) is 0 Å². The molecule has 0 saturated heterocycles. The molecule has 0 heterocycles. The van der Waals surface area contributed by atoms with Gasteiger partial charge in [-0.25, -0.2) is 0 Å². The lowest BCUT2D eigenvalue weighted by atomic mass is 10.1. The monoisotopic (exact) mass is 421 g/mol. The summed E-state index contributed by atoms with van der Waals surface area (Å²) in [5.41, 5.74) is 7.18. The molecule has 7 heteroatoms. The summed E-state index contributed by atoms with van der Waals surface area (Å²) in [6, 6.07) is 27.7. The minimum absolute atomic E-state index is 0.368. The van der Waals surface area contributed by atoms with Crippen molar-refractivity contribution in [3.05, 3.63) is 103 Å².